The van der Waals surface area contributed by atoms with E-state index < -0.39 is 6.10 Å². The Morgan fingerprint density at radius 2 is 2.30 bits per heavy atom. The number of β-amino-alcohol motifs (C(OH)–C–C–N with tert-alkyl or cyclic N) is 1. The van der Waals surface area contributed by atoms with Gasteiger partial charge in [0.15, 0.2) is 0 Å². The Labute approximate surface area is 119 Å². The second-order valence-corrected chi connectivity index (χ2v) is 5.95. The van der Waals surface area contributed by atoms with E-state index in [9.17, 15) is 9.90 Å². The number of nitrogens with zero attached hydrogens (tertiary/aromatic N) is 1. The molecule has 3 rings (SSSR count). The maximum absolute atomic E-state index is 12.7. The molecule has 0 bridgehead atoms. The first-order chi connectivity index (χ1) is 9.66. The zero-order valence-electron chi connectivity index (χ0n) is 11.9. The zero-order chi connectivity index (χ0) is 14.1. The van der Waals surface area contributed by atoms with Crippen molar-refractivity contribution in [1.29, 1.82) is 0 Å². The van der Waals surface area contributed by atoms with E-state index >= 15 is 0 Å². The van der Waals surface area contributed by atoms with Crippen LogP contribution in [0.5, 0.6) is 0 Å². The Hall–Kier alpha value is -1.55. The van der Waals surface area contributed by atoms with Gasteiger partial charge in [-0.15, -0.1) is 0 Å². The van der Waals surface area contributed by atoms with Crippen LogP contribution in [0.25, 0.3) is 0 Å². The van der Waals surface area contributed by atoms with Crippen LogP contribution >= 0.6 is 0 Å². The van der Waals surface area contributed by atoms with Gasteiger partial charge < -0.3 is 15.3 Å². The summed E-state index contributed by atoms with van der Waals surface area (Å²) in [5.41, 5.74) is 3.03. The van der Waals surface area contributed by atoms with E-state index in [1.807, 2.05) is 25.1 Å². The van der Waals surface area contributed by atoms with Crippen LogP contribution in [0, 0.1) is 5.92 Å². The summed E-state index contributed by atoms with van der Waals surface area (Å²) in [5, 5.41) is 13.3. The number of hydrogen-bond donors (Lipinski definition) is 2. The van der Waals surface area contributed by atoms with Crippen molar-refractivity contribution < 1.29 is 9.90 Å². The molecular formula is C16H22N2O2. The Balaban J connectivity index is 1.84. The van der Waals surface area contributed by atoms with E-state index in [1.165, 1.54) is 0 Å². The van der Waals surface area contributed by atoms with Gasteiger partial charge in [0.1, 0.15) is 0 Å². The first-order valence-electron chi connectivity index (χ1n) is 7.50. The van der Waals surface area contributed by atoms with Crippen molar-refractivity contribution in [3.05, 3.63) is 29.3 Å². The van der Waals surface area contributed by atoms with Gasteiger partial charge in [-0.05, 0) is 42.9 Å². The number of carbonyl (C=O) groups excluding carboxylic acids is 1. The smallest absolute Gasteiger partial charge is 0.254 e. The number of amides is 1. The molecule has 1 saturated heterocycles. The van der Waals surface area contributed by atoms with Gasteiger partial charge in [0.05, 0.1) is 6.10 Å². The third-order valence-corrected chi connectivity index (χ3v) is 4.53. The predicted octanol–water partition coefficient (Wildman–Crippen LogP) is 1.89. The third kappa shape index (κ3) is 2.40. The summed E-state index contributed by atoms with van der Waals surface area (Å²) in [6, 6.07) is 5.89. The molecule has 2 atom stereocenters. The largest absolute Gasteiger partial charge is 0.391 e. The average molecular weight is 274 g/mol. The van der Waals surface area contributed by atoms with Crippen molar-refractivity contribution in [2.45, 2.75) is 32.3 Å². The first kappa shape index (κ1) is 13.4. The van der Waals surface area contributed by atoms with Crippen molar-refractivity contribution in [3.8, 4) is 0 Å². The van der Waals surface area contributed by atoms with E-state index in [1.54, 1.807) is 4.90 Å². The number of hydrogen-bond acceptors (Lipinski definition) is 3. The Kier molecular flexibility index (Phi) is 3.66. The second-order valence-electron chi connectivity index (χ2n) is 5.95. The van der Waals surface area contributed by atoms with Crippen LogP contribution in [-0.2, 0) is 6.42 Å². The molecule has 0 spiro atoms. The summed E-state index contributed by atoms with van der Waals surface area (Å²) in [6.45, 7) is 4.22. The van der Waals surface area contributed by atoms with E-state index in [0.717, 1.165) is 49.2 Å². The van der Waals surface area contributed by atoms with Gasteiger partial charge in [0.25, 0.3) is 5.91 Å². The Bertz CT molecular complexity index is 515. The van der Waals surface area contributed by atoms with Crippen LogP contribution in [-0.4, -0.2) is 41.7 Å². The van der Waals surface area contributed by atoms with Gasteiger partial charge in [-0.1, -0.05) is 13.0 Å². The molecule has 20 heavy (non-hydrogen) atoms. The molecule has 0 radical (unpaired) electrons. The highest BCUT2D eigenvalue weighted by Gasteiger charge is 2.29. The molecule has 2 unspecified atom stereocenters. The molecule has 1 aromatic carbocycles. The van der Waals surface area contributed by atoms with Crippen LogP contribution in [0.4, 0.5) is 5.69 Å². The molecule has 1 fully saturated rings. The summed E-state index contributed by atoms with van der Waals surface area (Å²) in [6.07, 6.45) is 2.50. The SMILES string of the molecule is CC1CCN(C(=O)c2cccc3c2CCCN3)CC1O. The average Bonchev–Trinajstić information content (AvgIpc) is 2.49. The number of benzene rings is 1. The minimum absolute atomic E-state index is 0.0662. The van der Waals surface area contributed by atoms with Crippen LogP contribution in [0.2, 0.25) is 0 Å². The fraction of sp³-hybridized carbons (Fsp3) is 0.562. The lowest BCUT2D eigenvalue weighted by molar-refractivity contribution is 0.0248. The minimum atomic E-state index is -0.398. The van der Waals surface area contributed by atoms with Gasteiger partial charge in [-0.2, -0.15) is 0 Å². The fourth-order valence-electron chi connectivity index (χ4n) is 3.11. The Morgan fingerprint density at radius 1 is 1.45 bits per heavy atom. The standard InChI is InChI=1S/C16H22N2O2/c1-11-7-9-18(10-15(11)19)16(20)13-4-2-6-14-12(13)5-3-8-17-14/h2,4,6,11,15,17,19H,3,5,7-10H2,1H3. The van der Waals surface area contributed by atoms with Crippen LogP contribution < -0.4 is 5.32 Å². The maximum Gasteiger partial charge on any atom is 0.254 e. The number of anilines is 1. The lowest BCUT2D eigenvalue weighted by Crippen LogP contribution is -2.46. The molecule has 1 aromatic rings. The van der Waals surface area contributed by atoms with E-state index in [4.69, 9.17) is 0 Å². The summed E-state index contributed by atoms with van der Waals surface area (Å²) < 4.78 is 0. The molecule has 2 heterocycles. The lowest BCUT2D eigenvalue weighted by atomic mass is 9.93. The topological polar surface area (TPSA) is 52.6 Å². The van der Waals surface area contributed by atoms with Gasteiger partial charge in [0, 0.05) is 30.9 Å². The zero-order valence-corrected chi connectivity index (χ0v) is 11.9. The number of aliphatic hydroxyl groups is 1. The third-order valence-electron chi connectivity index (χ3n) is 4.53. The number of carbonyl (C=O) groups is 1. The number of rotatable bonds is 1. The van der Waals surface area contributed by atoms with Gasteiger partial charge in [-0.3, -0.25) is 4.79 Å². The molecule has 0 aliphatic carbocycles. The normalized spacial score (nSPS) is 25.8. The first-order valence-corrected chi connectivity index (χ1v) is 7.50. The fourth-order valence-corrected chi connectivity index (χ4v) is 3.11. The van der Waals surface area contributed by atoms with Crippen LogP contribution in [0.1, 0.15) is 35.7 Å². The van der Waals surface area contributed by atoms with Crippen molar-refractivity contribution in [2.24, 2.45) is 5.92 Å². The number of piperidine rings is 1. The van der Waals surface area contributed by atoms with Crippen LogP contribution in [0.3, 0.4) is 0 Å². The van der Waals surface area contributed by atoms with Crippen molar-refractivity contribution in [1.82, 2.24) is 4.90 Å². The number of likely N-dealkylation sites (tertiary alicyclic amines) is 1. The quantitative estimate of drug-likeness (QED) is 0.822. The molecule has 2 aliphatic rings. The van der Waals surface area contributed by atoms with E-state index in [0.29, 0.717) is 6.54 Å². The predicted molar refractivity (Wildman–Crippen MR) is 78.9 cm³/mol. The van der Waals surface area contributed by atoms with Crippen LogP contribution in [0.15, 0.2) is 18.2 Å². The molecule has 2 N–H and O–H groups in total. The maximum atomic E-state index is 12.7. The molecule has 108 valence electrons. The molecule has 4 nitrogen and oxygen atoms in total. The number of nitrogens with one attached hydrogen (secondary N) is 1. The monoisotopic (exact) mass is 274 g/mol. The molecule has 1 amide bonds. The highest BCUT2D eigenvalue weighted by molar-refractivity contribution is 5.97. The molecule has 0 aromatic heterocycles. The highest BCUT2D eigenvalue weighted by atomic mass is 16.3. The number of fused-ring (bicyclic) bond motifs is 1. The minimum Gasteiger partial charge on any atom is -0.391 e. The summed E-state index contributed by atoms with van der Waals surface area (Å²) in [4.78, 5) is 14.5. The van der Waals surface area contributed by atoms with Crippen molar-refractivity contribution >= 4 is 11.6 Å². The Morgan fingerprint density at radius 3 is 3.10 bits per heavy atom. The van der Waals surface area contributed by atoms with Gasteiger partial charge in [0.2, 0.25) is 0 Å². The van der Waals surface area contributed by atoms with Gasteiger partial charge in [-0.25, -0.2) is 0 Å². The molecule has 2 aliphatic heterocycles. The molecule has 4 heteroatoms. The summed E-state index contributed by atoms with van der Waals surface area (Å²) in [7, 11) is 0. The molecular weight excluding hydrogens is 252 g/mol. The van der Waals surface area contributed by atoms with Gasteiger partial charge >= 0.3 is 0 Å². The van der Waals surface area contributed by atoms with Crippen molar-refractivity contribution in [2.75, 3.05) is 25.0 Å². The van der Waals surface area contributed by atoms with E-state index in [2.05, 4.69) is 5.32 Å². The van der Waals surface area contributed by atoms with Crippen molar-refractivity contribution in [3.63, 3.8) is 0 Å². The molecule has 0 saturated carbocycles. The van der Waals surface area contributed by atoms with E-state index in [-0.39, 0.29) is 11.8 Å². The highest BCUT2D eigenvalue weighted by Crippen LogP contribution is 2.27. The summed E-state index contributed by atoms with van der Waals surface area (Å²) >= 11 is 0. The summed E-state index contributed by atoms with van der Waals surface area (Å²) in [5.74, 6) is 0.349. The number of aliphatic hydroxyl groups excluding tert-OH is 1. The second kappa shape index (κ2) is 5.44. The lowest BCUT2D eigenvalue weighted by Gasteiger charge is -2.35.